The number of nitrogens with zero attached hydrogens (tertiary/aromatic N) is 2. The minimum atomic E-state index is 0.516. The van der Waals surface area contributed by atoms with Gasteiger partial charge < -0.3 is 10.6 Å². The maximum Gasteiger partial charge on any atom is 0.229 e. The Morgan fingerprint density at radius 3 is 2.64 bits per heavy atom. The summed E-state index contributed by atoms with van der Waals surface area (Å²) < 4.78 is 0. The normalized spacial score (nSPS) is 10.5. The van der Waals surface area contributed by atoms with E-state index in [2.05, 4.69) is 27.5 Å². The number of hydrogen-bond donors (Lipinski definition) is 2. The van der Waals surface area contributed by atoms with Crippen LogP contribution in [0.5, 0.6) is 0 Å². The van der Waals surface area contributed by atoms with Gasteiger partial charge in [-0.25, -0.2) is 4.98 Å². The van der Waals surface area contributed by atoms with Crippen LogP contribution in [0.3, 0.4) is 0 Å². The van der Waals surface area contributed by atoms with E-state index in [1.807, 2.05) is 19.1 Å². The Bertz CT molecular complexity index is 632. The highest BCUT2D eigenvalue weighted by atomic mass is 35.5. The molecule has 0 saturated carbocycles. The van der Waals surface area contributed by atoms with Crippen molar-refractivity contribution in [1.82, 2.24) is 9.97 Å². The molecule has 1 aromatic heterocycles. The van der Waals surface area contributed by atoms with Gasteiger partial charge in [-0.15, -0.1) is 0 Å². The quantitative estimate of drug-likeness (QED) is 0.660. The third-order valence-electron chi connectivity index (χ3n) is 3.12. The summed E-state index contributed by atoms with van der Waals surface area (Å²) in [6, 6.07) is 7.20. The summed E-state index contributed by atoms with van der Waals surface area (Å²) in [5.74, 6) is 1.33. The van der Waals surface area contributed by atoms with E-state index in [9.17, 15) is 0 Å². The molecule has 0 unspecified atom stereocenters. The van der Waals surface area contributed by atoms with Gasteiger partial charge >= 0.3 is 0 Å². The fraction of sp³-hybridized carbons (Fsp3) is 0.375. The Kier molecular flexibility index (Phi) is 6.28. The fourth-order valence-electron chi connectivity index (χ4n) is 2.02. The minimum absolute atomic E-state index is 0.516. The number of unbranched alkanes of at least 4 members (excludes halogenated alkanes) is 2. The lowest BCUT2D eigenvalue weighted by atomic mass is 10.2. The molecule has 6 heteroatoms. The van der Waals surface area contributed by atoms with E-state index in [-0.39, 0.29) is 0 Å². The van der Waals surface area contributed by atoms with Crippen LogP contribution in [0.1, 0.15) is 31.9 Å². The van der Waals surface area contributed by atoms with Crippen LogP contribution >= 0.6 is 23.2 Å². The molecule has 0 atom stereocenters. The molecule has 0 bridgehead atoms. The van der Waals surface area contributed by atoms with E-state index in [1.165, 1.54) is 12.8 Å². The van der Waals surface area contributed by atoms with Crippen molar-refractivity contribution in [3.63, 3.8) is 0 Å². The second kappa shape index (κ2) is 8.20. The zero-order chi connectivity index (χ0) is 15.9. The molecule has 1 aromatic carbocycles. The Labute approximate surface area is 141 Å². The maximum absolute atomic E-state index is 6.16. The predicted molar refractivity (Wildman–Crippen MR) is 94.5 cm³/mol. The monoisotopic (exact) mass is 338 g/mol. The highest BCUT2D eigenvalue weighted by molar-refractivity contribution is 6.36. The highest BCUT2D eigenvalue weighted by Gasteiger charge is 2.06. The molecule has 0 fully saturated rings. The van der Waals surface area contributed by atoms with Crippen LogP contribution in [0.25, 0.3) is 0 Å². The van der Waals surface area contributed by atoms with Crippen molar-refractivity contribution in [2.45, 2.75) is 33.1 Å². The average Bonchev–Trinajstić information content (AvgIpc) is 2.46. The van der Waals surface area contributed by atoms with Crippen molar-refractivity contribution in [1.29, 1.82) is 0 Å². The summed E-state index contributed by atoms with van der Waals surface area (Å²) in [7, 11) is 0. The van der Waals surface area contributed by atoms with E-state index in [1.54, 1.807) is 12.1 Å². The smallest absolute Gasteiger partial charge is 0.229 e. The minimum Gasteiger partial charge on any atom is -0.370 e. The molecule has 0 aliphatic rings. The zero-order valence-corrected chi connectivity index (χ0v) is 14.3. The molecule has 0 aliphatic heterocycles. The van der Waals surface area contributed by atoms with E-state index in [0.717, 1.165) is 30.2 Å². The molecular formula is C16H20Cl2N4. The third kappa shape index (κ3) is 5.04. The summed E-state index contributed by atoms with van der Waals surface area (Å²) in [5, 5.41) is 7.59. The number of benzene rings is 1. The zero-order valence-electron chi connectivity index (χ0n) is 12.8. The van der Waals surface area contributed by atoms with Gasteiger partial charge in [-0.3, -0.25) is 0 Å². The summed E-state index contributed by atoms with van der Waals surface area (Å²) >= 11 is 12.1. The molecule has 4 nitrogen and oxygen atoms in total. The first-order valence-electron chi connectivity index (χ1n) is 7.40. The van der Waals surface area contributed by atoms with Crippen molar-refractivity contribution >= 4 is 40.7 Å². The number of halogens is 2. The topological polar surface area (TPSA) is 49.8 Å². The molecule has 0 spiro atoms. The second-order valence-corrected chi connectivity index (χ2v) is 5.94. The number of hydrogen-bond acceptors (Lipinski definition) is 4. The lowest BCUT2D eigenvalue weighted by Gasteiger charge is -2.11. The van der Waals surface area contributed by atoms with Crippen LogP contribution in [0.4, 0.5) is 17.5 Å². The van der Waals surface area contributed by atoms with Crippen molar-refractivity contribution in [2.24, 2.45) is 0 Å². The molecule has 2 aromatic rings. The van der Waals surface area contributed by atoms with Gasteiger partial charge in [-0.1, -0.05) is 43.0 Å². The van der Waals surface area contributed by atoms with Gasteiger partial charge in [-0.2, -0.15) is 4.98 Å². The van der Waals surface area contributed by atoms with Crippen molar-refractivity contribution in [3.8, 4) is 0 Å². The van der Waals surface area contributed by atoms with Crippen molar-refractivity contribution < 1.29 is 0 Å². The van der Waals surface area contributed by atoms with E-state index >= 15 is 0 Å². The first kappa shape index (κ1) is 16.8. The van der Waals surface area contributed by atoms with Crippen molar-refractivity contribution in [2.75, 3.05) is 17.2 Å². The van der Waals surface area contributed by atoms with Crippen LogP contribution in [0, 0.1) is 6.92 Å². The van der Waals surface area contributed by atoms with Crippen molar-refractivity contribution in [3.05, 3.63) is 40.0 Å². The predicted octanol–water partition coefficient (Wildman–Crippen LogP) is 5.44. The molecule has 0 saturated heterocycles. The summed E-state index contributed by atoms with van der Waals surface area (Å²) in [6.07, 6.45) is 3.54. The van der Waals surface area contributed by atoms with E-state index in [4.69, 9.17) is 23.2 Å². The summed E-state index contributed by atoms with van der Waals surface area (Å²) in [5.41, 5.74) is 1.62. The van der Waals surface area contributed by atoms with Gasteiger partial charge in [0.25, 0.3) is 0 Å². The molecule has 0 amide bonds. The maximum atomic E-state index is 6.16. The molecule has 0 radical (unpaired) electrons. The number of aromatic nitrogens is 2. The van der Waals surface area contributed by atoms with Gasteiger partial charge in [0.15, 0.2) is 0 Å². The molecule has 22 heavy (non-hydrogen) atoms. The van der Waals surface area contributed by atoms with E-state index < -0.39 is 0 Å². The molecule has 0 aliphatic carbocycles. The molecular weight excluding hydrogens is 319 g/mol. The molecule has 1 heterocycles. The molecule has 2 rings (SSSR count). The summed E-state index contributed by atoms with van der Waals surface area (Å²) in [4.78, 5) is 8.85. The highest BCUT2D eigenvalue weighted by Crippen LogP contribution is 2.27. The van der Waals surface area contributed by atoms with Gasteiger partial charge in [0, 0.05) is 23.3 Å². The van der Waals surface area contributed by atoms with Crippen LogP contribution in [0.15, 0.2) is 24.3 Å². The average molecular weight is 339 g/mol. The first-order valence-corrected chi connectivity index (χ1v) is 8.15. The first-order chi connectivity index (χ1) is 10.6. The SMILES string of the molecule is CCCCCNc1cc(C)nc(Nc2ccc(Cl)cc2Cl)n1. The number of aryl methyl sites for hydroxylation is 1. The van der Waals surface area contributed by atoms with Crippen LogP contribution < -0.4 is 10.6 Å². The largest absolute Gasteiger partial charge is 0.370 e. The number of rotatable bonds is 7. The van der Waals surface area contributed by atoms with Gasteiger partial charge in [-0.05, 0) is 31.5 Å². The van der Waals surface area contributed by atoms with Crippen LogP contribution in [0.2, 0.25) is 10.0 Å². The van der Waals surface area contributed by atoms with E-state index in [0.29, 0.717) is 16.0 Å². The summed E-state index contributed by atoms with van der Waals surface area (Å²) in [6.45, 7) is 5.03. The Morgan fingerprint density at radius 1 is 1.09 bits per heavy atom. The number of nitrogens with one attached hydrogen (secondary N) is 2. The van der Waals surface area contributed by atoms with Crippen LogP contribution in [-0.4, -0.2) is 16.5 Å². The standard InChI is InChI=1S/C16H20Cl2N4/c1-3-4-5-8-19-15-9-11(2)20-16(22-15)21-14-7-6-12(17)10-13(14)18/h6-7,9-10H,3-5,8H2,1-2H3,(H2,19,20,21,22). The Morgan fingerprint density at radius 2 is 1.91 bits per heavy atom. The molecule has 2 N–H and O–H groups in total. The van der Waals surface area contributed by atoms with Gasteiger partial charge in [0.1, 0.15) is 5.82 Å². The second-order valence-electron chi connectivity index (χ2n) is 5.10. The van der Waals surface area contributed by atoms with Gasteiger partial charge in [0.05, 0.1) is 10.7 Å². The van der Waals surface area contributed by atoms with Crippen LogP contribution in [-0.2, 0) is 0 Å². The lowest BCUT2D eigenvalue weighted by molar-refractivity contribution is 0.742. The number of anilines is 3. The molecule has 118 valence electrons. The fourth-order valence-corrected chi connectivity index (χ4v) is 2.47. The third-order valence-corrected chi connectivity index (χ3v) is 3.67. The Balaban J connectivity index is 2.08. The lowest BCUT2D eigenvalue weighted by Crippen LogP contribution is -2.07. The van der Waals surface area contributed by atoms with Gasteiger partial charge in [0.2, 0.25) is 5.95 Å². The Hall–Kier alpha value is -1.52.